The van der Waals surface area contributed by atoms with Crippen LogP contribution in [0.25, 0.3) is 10.2 Å². The Bertz CT molecular complexity index is 725. The Morgan fingerprint density at radius 1 is 1.27 bits per heavy atom. The fraction of sp³-hybridized carbons (Fsp3) is 0.550. The highest BCUT2D eigenvalue weighted by atomic mass is 32.1. The van der Waals surface area contributed by atoms with E-state index in [-0.39, 0.29) is 24.5 Å². The topological polar surface area (TPSA) is 68.3 Å². The molecule has 0 saturated heterocycles. The molecule has 1 aliphatic carbocycles. The summed E-state index contributed by atoms with van der Waals surface area (Å²) in [6, 6.07) is 8.24. The lowest BCUT2D eigenvalue weighted by Gasteiger charge is -2.29. The zero-order valence-corrected chi connectivity index (χ0v) is 16.0. The highest BCUT2D eigenvalue weighted by molar-refractivity contribution is 7.18. The number of carbonyl (C=O) groups is 2. The molecule has 6 heteroatoms. The lowest BCUT2D eigenvalue weighted by Crippen LogP contribution is -2.42. The minimum Gasteiger partial charge on any atom is -0.456 e. The van der Waals surface area contributed by atoms with Gasteiger partial charge in [0, 0.05) is 12.5 Å². The van der Waals surface area contributed by atoms with Crippen LogP contribution in [0.5, 0.6) is 0 Å². The number of aromatic nitrogens is 1. The first-order valence-electron chi connectivity index (χ1n) is 9.41. The van der Waals surface area contributed by atoms with Crippen molar-refractivity contribution in [3.8, 4) is 0 Å². The number of para-hydroxylation sites is 1. The first-order valence-corrected chi connectivity index (χ1v) is 10.2. The number of fused-ring (bicyclic) bond motifs is 1. The van der Waals surface area contributed by atoms with Crippen LogP contribution in [0.4, 0.5) is 0 Å². The first-order chi connectivity index (χ1) is 12.6. The van der Waals surface area contributed by atoms with Gasteiger partial charge in [-0.25, -0.2) is 4.98 Å². The van der Waals surface area contributed by atoms with Gasteiger partial charge in [0.15, 0.2) is 6.61 Å². The predicted octanol–water partition coefficient (Wildman–Crippen LogP) is 3.86. The van der Waals surface area contributed by atoms with E-state index in [1.54, 1.807) is 11.3 Å². The van der Waals surface area contributed by atoms with Gasteiger partial charge in [0.2, 0.25) is 0 Å². The maximum Gasteiger partial charge on any atom is 0.306 e. The third kappa shape index (κ3) is 5.27. The molecule has 1 aliphatic rings. The molecule has 2 atom stereocenters. The molecular weight excluding hydrogens is 348 g/mol. The van der Waals surface area contributed by atoms with Gasteiger partial charge in [-0.05, 0) is 43.7 Å². The molecule has 1 heterocycles. The summed E-state index contributed by atoms with van der Waals surface area (Å²) in [5, 5.41) is 4.03. The van der Waals surface area contributed by atoms with Gasteiger partial charge in [0.25, 0.3) is 5.91 Å². The molecular formula is C20H26N2O3S. The molecule has 5 nitrogen and oxygen atoms in total. The van der Waals surface area contributed by atoms with E-state index < -0.39 is 0 Å². The molecule has 0 aliphatic heterocycles. The van der Waals surface area contributed by atoms with E-state index in [0.717, 1.165) is 36.2 Å². The number of aryl methyl sites for hydroxylation is 1. The van der Waals surface area contributed by atoms with Gasteiger partial charge in [-0.3, -0.25) is 9.59 Å². The molecule has 1 fully saturated rings. The molecule has 0 bridgehead atoms. The van der Waals surface area contributed by atoms with Crippen LogP contribution in [0.1, 0.15) is 50.5 Å². The highest BCUT2D eigenvalue weighted by Crippen LogP contribution is 2.24. The third-order valence-electron chi connectivity index (χ3n) is 4.93. The van der Waals surface area contributed by atoms with E-state index >= 15 is 0 Å². The largest absolute Gasteiger partial charge is 0.456 e. The second-order valence-electron chi connectivity index (χ2n) is 7.03. The molecule has 1 N–H and O–H groups in total. The smallest absolute Gasteiger partial charge is 0.306 e. The van der Waals surface area contributed by atoms with Crippen LogP contribution in [0.2, 0.25) is 0 Å². The maximum atomic E-state index is 12.0. The quantitative estimate of drug-likeness (QED) is 0.747. The van der Waals surface area contributed by atoms with Crippen molar-refractivity contribution in [3.05, 3.63) is 29.3 Å². The van der Waals surface area contributed by atoms with E-state index in [9.17, 15) is 9.59 Å². The van der Waals surface area contributed by atoms with E-state index in [0.29, 0.717) is 18.8 Å². The second kappa shape index (κ2) is 9.12. The monoisotopic (exact) mass is 374 g/mol. The van der Waals surface area contributed by atoms with Crippen molar-refractivity contribution >= 4 is 33.4 Å². The molecule has 0 radical (unpaired) electrons. The fourth-order valence-electron chi connectivity index (χ4n) is 3.41. The Labute approximate surface area is 158 Å². The molecule has 1 saturated carbocycles. The van der Waals surface area contributed by atoms with Gasteiger partial charge in [-0.2, -0.15) is 0 Å². The number of hydrogen-bond acceptors (Lipinski definition) is 5. The minimum atomic E-state index is -0.321. The van der Waals surface area contributed by atoms with Crippen LogP contribution in [0.3, 0.4) is 0 Å². The number of amides is 1. The second-order valence-corrected chi connectivity index (χ2v) is 8.14. The maximum absolute atomic E-state index is 12.0. The minimum absolute atomic E-state index is 0.177. The number of hydrogen-bond donors (Lipinski definition) is 1. The van der Waals surface area contributed by atoms with Crippen molar-refractivity contribution in [1.29, 1.82) is 0 Å². The van der Waals surface area contributed by atoms with Crippen LogP contribution in [-0.4, -0.2) is 29.5 Å². The van der Waals surface area contributed by atoms with Crippen LogP contribution in [0.15, 0.2) is 24.3 Å². The van der Waals surface area contributed by atoms with Crippen molar-refractivity contribution in [2.24, 2.45) is 5.92 Å². The average molecular weight is 375 g/mol. The Morgan fingerprint density at radius 3 is 2.88 bits per heavy atom. The van der Waals surface area contributed by atoms with Gasteiger partial charge in [0.1, 0.15) is 0 Å². The van der Waals surface area contributed by atoms with Gasteiger partial charge in [-0.15, -0.1) is 11.3 Å². The fourth-order valence-corrected chi connectivity index (χ4v) is 4.42. The van der Waals surface area contributed by atoms with Crippen molar-refractivity contribution in [1.82, 2.24) is 10.3 Å². The Kier molecular flexibility index (Phi) is 6.61. The van der Waals surface area contributed by atoms with Crippen LogP contribution < -0.4 is 5.32 Å². The van der Waals surface area contributed by atoms with Crippen LogP contribution in [-0.2, 0) is 20.7 Å². The number of thiazole rings is 1. The number of rotatable bonds is 7. The summed E-state index contributed by atoms with van der Waals surface area (Å²) < 4.78 is 6.27. The lowest BCUT2D eigenvalue weighted by molar-refractivity contribution is -0.149. The summed E-state index contributed by atoms with van der Waals surface area (Å²) in [4.78, 5) is 28.4. The summed E-state index contributed by atoms with van der Waals surface area (Å²) in [6.45, 7) is 1.99. The third-order valence-corrected chi connectivity index (χ3v) is 6.03. The number of nitrogens with zero attached hydrogens (tertiary/aromatic N) is 1. The average Bonchev–Trinajstić information content (AvgIpc) is 3.05. The molecule has 1 aromatic heterocycles. The van der Waals surface area contributed by atoms with Crippen molar-refractivity contribution in [2.45, 2.75) is 57.9 Å². The SMILES string of the molecule is C[C@@H]1CCCC[C@H]1NC(=O)COC(=O)CCCc1nc2ccccc2s1. The molecule has 2 aromatic rings. The molecule has 1 aromatic carbocycles. The van der Waals surface area contributed by atoms with Crippen LogP contribution in [0, 0.1) is 5.92 Å². The van der Waals surface area contributed by atoms with E-state index in [4.69, 9.17) is 4.74 Å². The summed E-state index contributed by atoms with van der Waals surface area (Å²) >= 11 is 1.66. The zero-order valence-electron chi connectivity index (χ0n) is 15.2. The number of esters is 1. The number of carbonyl (C=O) groups excluding carboxylic acids is 2. The van der Waals surface area contributed by atoms with Crippen molar-refractivity contribution < 1.29 is 14.3 Å². The van der Waals surface area contributed by atoms with E-state index in [2.05, 4.69) is 23.3 Å². The molecule has 3 rings (SSSR count). The molecule has 0 spiro atoms. The van der Waals surface area contributed by atoms with E-state index in [1.807, 2.05) is 18.2 Å². The number of nitrogens with one attached hydrogen (secondary N) is 1. The molecule has 0 unspecified atom stereocenters. The zero-order chi connectivity index (χ0) is 18.4. The van der Waals surface area contributed by atoms with E-state index in [1.165, 1.54) is 11.1 Å². The Morgan fingerprint density at radius 2 is 2.08 bits per heavy atom. The molecule has 26 heavy (non-hydrogen) atoms. The highest BCUT2D eigenvalue weighted by Gasteiger charge is 2.23. The molecule has 1 amide bonds. The van der Waals surface area contributed by atoms with Gasteiger partial charge in [0.05, 0.1) is 15.2 Å². The standard InChI is InChI=1S/C20H26N2O3S/c1-14-7-2-3-8-15(14)21-18(23)13-25-20(24)12-6-11-19-22-16-9-4-5-10-17(16)26-19/h4-5,9-10,14-15H,2-3,6-8,11-13H2,1H3,(H,21,23)/t14-,15-/m1/s1. The van der Waals surface area contributed by atoms with Gasteiger partial charge < -0.3 is 10.1 Å². The van der Waals surface area contributed by atoms with Gasteiger partial charge in [-0.1, -0.05) is 31.9 Å². The number of ether oxygens (including phenoxy) is 1. The summed E-state index contributed by atoms with van der Waals surface area (Å²) in [5.41, 5.74) is 1.00. The molecule has 140 valence electrons. The van der Waals surface area contributed by atoms with Crippen LogP contribution >= 0.6 is 11.3 Å². The first kappa shape index (κ1) is 18.8. The van der Waals surface area contributed by atoms with Crippen molar-refractivity contribution in [2.75, 3.05) is 6.61 Å². The summed E-state index contributed by atoms with van der Waals surface area (Å²) in [7, 11) is 0. The normalized spacial score (nSPS) is 20.0. The lowest BCUT2D eigenvalue weighted by atomic mass is 9.86. The summed E-state index contributed by atoms with van der Waals surface area (Å²) in [6.07, 6.45) is 6.29. The summed E-state index contributed by atoms with van der Waals surface area (Å²) in [5.74, 6) is -0.0153. The van der Waals surface area contributed by atoms with Crippen molar-refractivity contribution in [3.63, 3.8) is 0 Å². The number of benzene rings is 1. The Hall–Kier alpha value is -1.95. The predicted molar refractivity (Wildman–Crippen MR) is 103 cm³/mol. The van der Waals surface area contributed by atoms with Gasteiger partial charge >= 0.3 is 5.97 Å². The Balaban J connectivity index is 1.34.